The number of piperazine rings is 1. The smallest absolute Gasteiger partial charge is 0.0220 e. The molecule has 98 valence electrons. The monoisotopic (exact) mass is 237 g/mol. The van der Waals surface area contributed by atoms with Gasteiger partial charge in [-0.2, -0.15) is 0 Å². The summed E-state index contributed by atoms with van der Waals surface area (Å²) in [4.78, 5) is 5.35. The van der Waals surface area contributed by atoms with Gasteiger partial charge in [0.15, 0.2) is 0 Å². The number of hydrogen-bond donors (Lipinski definition) is 1. The van der Waals surface area contributed by atoms with E-state index < -0.39 is 0 Å². The standard InChI is InChI=1S/C14H27N3/c1-15-14(13-4-5-13)11-17-8-6-16(7-9-17)10-12-2-3-12/h12-15H,2-11H2,1H3. The molecular formula is C14H27N3. The Morgan fingerprint density at radius 2 is 1.65 bits per heavy atom. The third-order valence-electron chi connectivity index (χ3n) is 4.69. The maximum Gasteiger partial charge on any atom is 0.0220 e. The Balaban J connectivity index is 1.37. The second-order valence-corrected chi connectivity index (χ2v) is 6.28. The molecule has 0 amide bonds. The molecule has 3 nitrogen and oxygen atoms in total. The average Bonchev–Trinajstić information content (AvgIpc) is 3.21. The van der Waals surface area contributed by atoms with Crippen LogP contribution in [0.5, 0.6) is 0 Å². The zero-order valence-electron chi connectivity index (χ0n) is 11.2. The quantitative estimate of drug-likeness (QED) is 0.744. The summed E-state index contributed by atoms with van der Waals surface area (Å²) >= 11 is 0. The van der Waals surface area contributed by atoms with Gasteiger partial charge in [-0.15, -0.1) is 0 Å². The molecule has 17 heavy (non-hydrogen) atoms. The molecule has 3 heteroatoms. The van der Waals surface area contributed by atoms with Gasteiger partial charge in [-0.05, 0) is 44.6 Å². The van der Waals surface area contributed by atoms with E-state index in [4.69, 9.17) is 0 Å². The van der Waals surface area contributed by atoms with Crippen molar-refractivity contribution in [2.24, 2.45) is 11.8 Å². The Bertz CT molecular complexity index is 240. The lowest BCUT2D eigenvalue weighted by Crippen LogP contribution is -2.51. The summed E-state index contributed by atoms with van der Waals surface area (Å²) in [6.45, 7) is 7.84. The summed E-state index contributed by atoms with van der Waals surface area (Å²) in [5, 5.41) is 3.51. The fourth-order valence-corrected chi connectivity index (χ4v) is 3.07. The van der Waals surface area contributed by atoms with Crippen LogP contribution in [-0.2, 0) is 0 Å². The molecule has 1 saturated heterocycles. The van der Waals surface area contributed by atoms with Gasteiger partial charge in [0.1, 0.15) is 0 Å². The second-order valence-electron chi connectivity index (χ2n) is 6.28. The van der Waals surface area contributed by atoms with Crippen molar-refractivity contribution in [2.75, 3.05) is 46.3 Å². The van der Waals surface area contributed by atoms with Crippen molar-refractivity contribution in [3.8, 4) is 0 Å². The van der Waals surface area contributed by atoms with Crippen molar-refractivity contribution >= 4 is 0 Å². The normalized spacial score (nSPS) is 29.5. The highest BCUT2D eigenvalue weighted by Gasteiger charge is 2.32. The first-order valence-corrected chi connectivity index (χ1v) is 7.47. The fraction of sp³-hybridized carbons (Fsp3) is 1.00. The molecule has 0 bridgehead atoms. The molecule has 1 heterocycles. The van der Waals surface area contributed by atoms with E-state index in [9.17, 15) is 0 Å². The third-order valence-corrected chi connectivity index (χ3v) is 4.69. The van der Waals surface area contributed by atoms with Gasteiger partial charge in [-0.25, -0.2) is 0 Å². The lowest BCUT2D eigenvalue weighted by molar-refractivity contribution is 0.117. The first-order valence-electron chi connectivity index (χ1n) is 7.47. The first-order chi connectivity index (χ1) is 8.35. The molecule has 0 spiro atoms. The molecule has 0 aromatic heterocycles. The Hall–Kier alpha value is -0.120. The highest BCUT2D eigenvalue weighted by Crippen LogP contribution is 2.33. The molecule has 0 aromatic rings. The van der Waals surface area contributed by atoms with E-state index in [-0.39, 0.29) is 0 Å². The number of hydrogen-bond acceptors (Lipinski definition) is 3. The first kappa shape index (κ1) is 11.9. The zero-order valence-corrected chi connectivity index (χ0v) is 11.2. The van der Waals surface area contributed by atoms with Crippen LogP contribution in [0.4, 0.5) is 0 Å². The van der Waals surface area contributed by atoms with Crippen LogP contribution < -0.4 is 5.32 Å². The van der Waals surface area contributed by atoms with Gasteiger partial charge < -0.3 is 10.2 Å². The highest BCUT2D eigenvalue weighted by molar-refractivity contribution is 4.89. The largest absolute Gasteiger partial charge is 0.315 e. The predicted octanol–water partition coefficient (Wildman–Crippen LogP) is 1.01. The Morgan fingerprint density at radius 3 is 2.18 bits per heavy atom. The maximum atomic E-state index is 3.51. The van der Waals surface area contributed by atoms with E-state index >= 15 is 0 Å². The molecule has 3 fully saturated rings. The van der Waals surface area contributed by atoms with Gasteiger partial charge >= 0.3 is 0 Å². The molecule has 1 aliphatic heterocycles. The topological polar surface area (TPSA) is 18.5 Å². The molecule has 0 radical (unpaired) electrons. The summed E-state index contributed by atoms with van der Waals surface area (Å²) in [7, 11) is 2.13. The van der Waals surface area contributed by atoms with Crippen LogP contribution in [-0.4, -0.2) is 62.2 Å². The van der Waals surface area contributed by atoms with E-state index in [2.05, 4.69) is 22.2 Å². The van der Waals surface area contributed by atoms with Gasteiger partial charge in [-0.1, -0.05) is 0 Å². The minimum atomic E-state index is 0.755. The van der Waals surface area contributed by atoms with Crippen molar-refractivity contribution in [3.05, 3.63) is 0 Å². The minimum Gasteiger partial charge on any atom is -0.315 e. The molecular weight excluding hydrogens is 210 g/mol. The number of nitrogens with zero attached hydrogens (tertiary/aromatic N) is 2. The van der Waals surface area contributed by atoms with Crippen molar-refractivity contribution in [3.63, 3.8) is 0 Å². The maximum absolute atomic E-state index is 3.51. The van der Waals surface area contributed by atoms with Gasteiger partial charge in [0.05, 0.1) is 0 Å². The van der Waals surface area contributed by atoms with Gasteiger partial charge in [0.2, 0.25) is 0 Å². The molecule has 2 saturated carbocycles. The van der Waals surface area contributed by atoms with Crippen molar-refractivity contribution in [2.45, 2.75) is 31.7 Å². The molecule has 0 aromatic carbocycles. The molecule has 1 N–H and O–H groups in total. The van der Waals surface area contributed by atoms with Gasteiger partial charge in [0, 0.05) is 45.3 Å². The van der Waals surface area contributed by atoms with E-state index in [0.717, 1.165) is 17.9 Å². The average molecular weight is 237 g/mol. The third kappa shape index (κ3) is 3.43. The summed E-state index contributed by atoms with van der Waals surface area (Å²) in [6.07, 6.45) is 5.88. The summed E-state index contributed by atoms with van der Waals surface area (Å²) < 4.78 is 0. The van der Waals surface area contributed by atoms with Crippen molar-refractivity contribution < 1.29 is 0 Å². The van der Waals surface area contributed by atoms with Gasteiger partial charge in [-0.3, -0.25) is 4.90 Å². The Labute approximate surface area is 106 Å². The van der Waals surface area contributed by atoms with Crippen LogP contribution in [0.25, 0.3) is 0 Å². The lowest BCUT2D eigenvalue weighted by Gasteiger charge is -2.36. The SMILES string of the molecule is CNC(CN1CCN(CC2CC2)CC1)C1CC1. The van der Waals surface area contributed by atoms with Crippen molar-refractivity contribution in [1.82, 2.24) is 15.1 Å². The van der Waals surface area contributed by atoms with E-state index in [1.807, 2.05) is 0 Å². The van der Waals surface area contributed by atoms with Crippen LogP contribution in [0.1, 0.15) is 25.7 Å². The number of likely N-dealkylation sites (N-methyl/N-ethyl adjacent to an activating group) is 1. The number of nitrogens with one attached hydrogen (secondary N) is 1. The second kappa shape index (κ2) is 5.25. The lowest BCUT2D eigenvalue weighted by atomic mass is 10.1. The summed E-state index contributed by atoms with van der Waals surface area (Å²) in [5.41, 5.74) is 0. The predicted molar refractivity (Wildman–Crippen MR) is 71.2 cm³/mol. The van der Waals surface area contributed by atoms with E-state index in [0.29, 0.717) is 0 Å². The summed E-state index contributed by atoms with van der Waals surface area (Å²) in [5.74, 6) is 2.03. The minimum absolute atomic E-state index is 0.755. The zero-order chi connectivity index (χ0) is 11.7. The van der Waals surface area contributed by atoms with E-state index in [1.54, 1.807) is 0 Å². The summed E-state index contributed by atoms with van der Waals surface area (Å²) in [6, 6.07) is 0.755. The molecule has 3 rings (SSSR count). The van der Waals surface area contributed by atoms with Crippen LogP contribution in [0.3, 0.4) is 0 Å². The van der Waals surface area contributed by atoms with E-state index in [1.165, 1.54) is 65.0 Å². The molecule has 1 atom stereocenters. The number of rotatable bonds is 6. The highest BCUT2D eigenvalue weighted by atomic mass is 15.3. The van der Waals surface area contributed by atoms with Crippen LogP contribution in [0, 0.1) is 11.8 Å². The fourth-order valence-electron chi connectivity index (χ4n) is 3.07. The van der Waals surface area contributed by atoms with Crippen molar-refractivity contribution in [1.29, 1.82) is 0 Å². The molecule has 3 aliphatic rings. The van der Waals surface area contributed by atoms with Crippen LogP contribution in [0.15, 0.2) is 0 Å². The molecule has 2 aliphatic carbocycles. The van der Waals surface area contributed by atoms with Gasteiger partial charge in [0.25, 0.3) is 0 Å². The van der Waals surface area contributed by atoms with Crippen LogP contribution >= 0.6 is 0 Å². The molecule has 1 unspecified atom stereocenters. The van der Waals surface area contributed by atoms with Crippen LogP contribution in [0.2, 0.25) is 0 Å². The Kier molecular flexibility index (Phi) is 3.69. The Morgan fingerprint density at radius 1 is 1.00 bits per heavy atom.